The highest BCUT2D eigenvalue weighted by atomic mass is 19.1. The normalized spacial score (nSPS) is 15.3. The van der Waals surface area contributed by atoms with Crippen molar-refractivity contribution in [1.82, 2.24) is 0 Å². The first-order valence-corrected chi connectivity index (χ1v) is 7.34. The second-order valence-electron chi connectivity index (χ2n) is 5.29. The van der Waals surface area contributed by atoms with E-state index in [4.69, 9.17) is 9.47 Å². The van der Waals surface area contributed by atoms with E-state index in [1.807, 2.05) is 0 Å². The number of ether oxygens (including phenoxy) is 3. The van der Waals surface area contributed by atoms with Crippen LogP contribution in [0.4, 0.5) is 4.39 Å². The first-order valence-electron chi connectivity index (χ1n) is 7.34. The molecule has 7 heteroatoms. The lowest BCUT2D eigenvalue weighted by atomic mass is 10.1. The number of carbonyl (C=O) groups excluding carboxylic acids is 3. The Balaban J connectivity index is 1.72. The van der Waals surface area contributed by atoms with Crippen molar-refractivity contribution in [2.24, 2.45) is 0 Å². The van der Waals surface area contributed by atoms with Gasteiger partial charge in [-0.25, -0.2) is 9.18 Å². The molecule has 0 saturated heterocycles. The van der Waals surface area contributed by atoms with E-state index in [2.05, 4.69) is 4.74 Å². The van der Waals surface area contributed by atoms with Gasteiger partial charge >= 0.3 is 5.97 Å². The third-order valence-corrected chi connectivity index (χ3v) is 3.64. The van der Waals surface area contributed by atoms with Gasteiger partial charge in [0.1, 0.15) is 23.9 Å². The molecular formula is C18H13FO6. The van der Waals surface area contributed by atoms with Crippen molar-refractivity contribution < 1.29 is 33.0 Å². The van der Waals surface area contributed by atoms with E-state index in [-0.39, 0.29) is 23.7 Å². The van der Waals surface area contributed by atoms with Crippen LogP contribution in [0.1, 0.15) is 15.9 Å². The molecule has 1 aliphatic heterocycles. The van der Waals surface area contributed by atoms with Gasteiger partial charge in [-0.1, -0.05) is 12.1 Å². The van der Waals surface area contributed by atoms with Gasteiger partial charge in [-0.3, -0.25) is 9.59 Å². The molecule has 2 aromatic rings. The molecule has 0 aromatic heterocycles. The first kappa shape index (κ1) is 16.6. The highest BCUT2D eigenvalue weighted by Gasteiger charge is 2.41. The van der Waals surface area contributed by atoms with Crippen LogP contribution in [-0.4, -0.2) is 30.7 Å². The zero-order chi connectivity index (χ0) is 18.0. The number of benzene rings is 2. The molecule has 0 amide bonds. The average molecular weight is 344 g/mol. The van der Waals surface area contributed by atoms with Crippen molar-refractivity contribution in [3.05, 3.63) is 59.4 Å². The summed E-state index contributed by atoms with van der Waals surface area (Å²) < 4.78 is 28.0. The Bertz CT molecular complexity index is 843. The summed E-state index contributed by atoms with van der Waals surface area (Å²) in [7, 11) is 1.05. The van der Waals surface area contributed by atoms with Gasteiger partial charge in [-0.05, 0) is 35.9 Å². The molecule has 1 unspecified atom stereocenters. The molecule has 0 bridgehead atoms. The summed E-state index contributed by atoms with van der Waals surface area (Å²) in [5.74, 6) is -2.59. The van der Waals surface area contributed by atoms with Gasteiger partial charge in [0.15, 0.2) is 0 Å². The van der Waals surface area contributed by atoms with Gasteiger partial charge in [0, 0.05) is 0 Å². The summed E-state index contributed by atoms with van der Waals surface area (Å²) in [4.78, 5) is 35.4. The molecule has 6 nitrogen and oxygen atoms in total. The molecule has 0 spiro atoms. The summed E-state index contributed by atoms with van der Waals surface area (Å²) in [6.07, 6.45) is -1.53. The maximum atomic E-state index is 12.9. The van der Waals surface area contributed by atoms with E-state index in [9.17, 15) is 18.8 Å². The van der Waals surface area contributed by atoms with Crippen LogP contribution in [0.15, 0.2) is 42.5 Å². The Hall–Kier alpha value is -3.22. The Morgan fingerprint density at radius 2 is 1.88 bits per heavy atom. The molecular weight excluding hydrogens is 331 g/mol. The molecule has 0 N–H and O–H groups in total. The standard InChI is InChI=1S/C18H13FO6/c1-23-18(22)16(21)17-15(20)13-8-12(6-7-14(13)25-17)24-9-10-2-4-11(19)5-3-10/h2-8,17H,9H2,1H3. The largest absolute Gasteiger partial charge is 0.489 e. The quantitative estimate of drug-likeness (QED) is 0.469. The summed E-state index contributed by atoms with van der Waals surface area (Å²) in [6, 6.07) is 10.3. The Morgan fingerprint density at radius 1 is 1.16 bits per heavy atom. The maximum absolute atomic E-state index is 12.9. The Morgan fingerprint density at radius 3 is 2.56 bits per heavy atom. The van der Waals surface area contributed by atoms with E-state index in [1.165, 1.54) is 24.3 Å². The van der Waals surface area contributed by atoms with Crippen molar-refractivity contribution in [1.29, 1.82) is 0 Å². The van der Waals surface area contributed by atoms with E-state index in [1.54, 1.807) is 18.2 Å². The molecule has 0 fully saturated rings. The van der Waals surface area contributed by atoms with Crippen molar-refractivity contribution >= 4 is 17.5 Å². The fourth-order valence-corrected chi connectivity index (χ4v) is 2.34. The molecule has 1 aliphatic rings. The van der Waals surface area contributed by atoms with Gasteiger partial charge in [0.25, 0.3) is 5.78 Å². The van der Waals surface area contributed by atoms with Crippen LogP contribution in [0.2, 0.25) is 0 Å². The van der Waals surface area contributed by atoms with Crippen molar-refractivity contribution in [3.63, 3.8) is 0 Å². The van der Waals surface area contributed by atoms with E-state index in [0.29, 0.717) is 5.75 Å². The zero-order valence-corrected chi connectivity index (χ0v) is 13.2. The Labute approximate surface area is 142 Å². The maximum Gasteiger partial charge on any atom is 0.378 e. The van der Waals surface area contributed by atoms with Gasteiger partial charge in [0.2, 0.25) is 11.9 Å². The number of esters is 1. The monoisotopic (exact) mass is 344 g/mol. The molecule has 1 heterocycles. The highest BCUT2D eigenvalue weighted by molar-refractivity contribution is 6.41. The van der Waals surface area contributed by atoms with E-state index in [0.717, 1.165) is 12.7 Å². The smallest absolute Gasteiger partial charge is 0.378 e. The number of halogens is 1. The second-order valence-corrected chi connectivity index (χ2v) is 5.29. The van der Waals surface area contributed by atoms with Crippen molar-refractivity contribution in [2.45, 2.75) is 12.7 Å². The van der Waals surface area contributed by atoms with Crippen molar-refractivity contribution in [2.75, 3.05) is 7.11 Å². The number of methoxy groups -OCH3 is 1. The minimum atomic E-state index is -1.53. The number of Topliss-reactive ketones (excluding diaryl/α,β-unsaturated/α-hetero) is 2. The SMILES string of the molecule is COC(=O)C(=O)C1Oc2ccc(OCc3ccc(F)cc3)cc2C1=O. The third kappa shape index (κ3) is 3.35. The minimum Gasteiger partial charge on any atom is -0.489 e. The van der Waals surface area contributed by atoms with Gasteiger partial charge in [-0.2, -0.15) is 0 Å². The fraction of sp³-hybridized carbons (Fsp3) is 0.167. The van der Waals surface area contributed by atoms with Gasteiger partial charge in [-0.15, -0.1) is 0 Å². The molecule has 2 aromatic carbocycles. The minimum absolute atomic E-state index is 0.152. The van der Waals surface area contributed by atoms with Crippen LogP contribution in [0.3, 0.4) is 0 Å². The van der Waals surface area contributed by atoms with Crippen molar-refractivity contribution in [3.8, 4) is 11.5 Å². The summed E-state index contributed by atoms with van der Waals surface area (Å²) in [5, 5.41) is 0. The summed E-state index contributed by atoms with van der Waals surface area (Å²) >= 11 is 0. The topological polar surface area (TPSA) is 78.9 Å². The fourth-order valence-electron chi connectivity index (χ4n) is 2.34. The highest BCUT2D eigenvalue weighted by Crippen LogP contribution is 2.32. The number of ketones is 2. The van der Waals surface area contributed by atoms with Crippen LogP contribution in [0, 0.1) is 5.82 Å². The molecule has 0 radical (unpaired) electrons. The molecule has 3 rings (SSSR count). The second kappa shape index (κ2) is 6.72. The van der Waals surface area contributed by atoms with E-state index < -0.39 is 23.6 Å². The lowest BCUT2D eigenvalue weighted by Crippen LogP contribution is -2.36. The van der Waals surface area contributed by atoms with Crippen LogP contribution in [0.25, 0.3) is 0 Å². The van der Waals surface area contributed by atoms with Gasteiger partial charge in [0.05, 0.1) is 12.7 Å². The average Bonchev–Trinajstić information content (AvgIpc) is 2.96. The summed E-state index contributed by atoms with van der Waals surface area (Å²) in [5.41, 5.74) is 0.905. The zero-order valence-electron chi connectivity index (χ0n) is 13.2. The lowest BCUT2D eigenvalue weighted by molar-refractivity contribution is -0.153. The van der Waals surface area contributed by atoms with Crippen LogP contribution in [-0.2, 0) is 20.9 Å². The molecule has 0 aliphatic carbocycles. The number of hydrogen-bond donors (Lipinski definition) is 0. The Kier molecular flexibility index (Phi) is 4.47. The third-order valence-electron chi connectivity index (χ3n) is 3.64. The molecule has 1 atom stereocenters. The molecule has 25 heavy (non-hydrogen) atoms. The lowest BCUT2D eigenvalue weighted by Gasteiger charge is -2.07. The van der Waals surface area contributed by atoms with Crippen LogP contribution < -0.4 is 9.47 Å². The van der Waals surface area contributed by atoms with Crippen LogP contribution in [0.5, 0.6) is 11.5 Å². The van der Waals surface area contributed by atoms with Gasteiger partial charge < -0.3 is 14.2 Å². The predicted octanol–water partition coefficient (Wildman–Crippen LogP) is 2.09. The van der Waals surface area contributed by atoms with E-state index >= 15 is 0 Å². The number of hydrogen-bond acceptors (Lipinski definition) is 6. The van der Waals surface area contributed by atoms with Crippen LogP contribution >= 0.6 is 0 Å². The number of fused-ring (bicyclic) bond motifs is 1. The first-order chi connectivity index (χ1) is 12.0. The summed E-state index contributed by atoms with van der Waals surface area (Å²) in [6.45, 7) is 0.179. The number of rotatable bonds is 5. The molecule has 128 valence electrons. The number of carbonyl (C=O) groups is 3. The predicted molar refractivity (Wildman–Crippen MR) is 82.9 cm³/mol. The molecule has 0 saturated carbocycles.